The third-order valence-corrected chi connectivity index (χ3v) is 2.98. The Morgan fingerprint density at radius 1 is 1.10 bits per heavy atom. The number of oxazole rings is 1. The lowest BCUT2D eigenvalue weighted by molar-refractivity contribution is 0.0983. The molecule has 20 heavy (non-hydrogen) atoms. The molecule has 0 atom stereocenters. The number of fused-ring (bicyclic) bond motifs is 1. The molecule has 1 amide bonds. The Balaban J connectivity index is 1.95. The number of para-hydroxylation sites is 2. The normalized spacial score (nSPS) is 10.7. The molecule has 0 bridgehead atoms. The van der Waals surface area contributed by atoms with Gasteiger partial charge in [0.2, 0.25) is 0 Å². The lowest BCUT2D eigenvalue weighted by Crippen LogP contribution is -2.27. The number of amides is 1. The van der Waals surface area contributed by atoms with Gasteiger partial charge in [-0.05, 0) is 31.2 Å². The first-order valence-corrected chi connectivity index (χ1v) is 6.22. The van der Waals surface area contributed by atoms with E-state index in [9.17, 15) is 4.79 Å². The van der Waals surface area contributed by atoms with Gasteiger partial charge in [0.05, 0.1) is 0 Å². The van der Waals surface area contributed by atoms with E-state index in [0.717, 1.165) is 11.2 Å². The highest BCUT2D eigenvalue weighted by atomic mass is 16.4. The van der Waals surface area contributed by atoms with Crippen LogP contribution in [0.2, 0.25) is 0 Å². The molecule has 0 aliphatic heterocycles. The Hall–Kier alpha value is -2.69. The minimum atomic E-state index is -0.250. The topological polar surface area (TPSA) is 59.2 Å². The maximum atomic E-state index is 12.3. The van der Waals surface area contributed by atoms with E-state index in [-0.39, 0.29) is 11.9 Å². The number of carbonyl (C=O) groups excluding carboxylic acids is 1. The van der Waals surface area contributed by atoms with E-state index in [1.165, 1.54) is 4.90 Å². The van der Waals surface area contributed by atoms with Crippen LogP contribution < -0.4 is 4.90 Å². The number of hydrogen-bond donors (Lipinski definition) is 0. The molecule has 5 nitrogen and oxygen atoms in total. The summed E-state index contributed by atoms with van der Waals surface area (Å²) >= 11 is 0. The first-order chi connectivity index (χ1) is 9.65. The monoisotopic (exact) mass is 267 g/mol. The lowest BCUT2D eigenvalue weighted by Gasteiger charge is -2.11. The van der Waals surface area contributed by atoms with Crippen molar-refractivity contribution in [1.29, 1.82) is 0 Å². The zero-order valence-electron chi connectivity index (χ0n) is 11.2. The first-order valence-electron chi connectivity index (χ1n) is 6.22. The van der Waals surface area contributed by atoms with E-state index in [1.54, 1.807) is 19.2 Å². The highest BCUT2D eigenvalue weighted by Crippen LogP contribution is 2.21. The SMILES string of the molecule is Cc1cccc(C(=O)N(C)c2nc3ccccc3o2)n1. The minimum Gasteiger partial charge on any atom is -0.423 e. The van der Waals surface area contributed by atoms with Gasteiger partial charge in [-0.3, -0.25) is 9.69 Å². The maximum absolute atomic E-state index is 12.3. The van der Waals surface area contributed by atoms with Gasteiger partial charge in [0, 0.05) is 12.7 Å². The van der Waals surface area contributed by atoms with Crippen molar-refractivity contribution in [3.63, 3.8) is 0 Å². The van der Waals surface area contributed by atoms with Crippen molar-refractivity contribution in [2.45, 2.75) is 6.92 Å². The predicted octanol–water partition coefficient (Wildman–Crippen LogP) is 2.81. The molecule has 3 rings (SSSR count). The van der Waals surface area contributed by atoms with E-state index in [0.29, 0.717) is 11.3 Å². The second kappa shape index (κ2) is 4.77. The molecule has 2 heterocycles. The molecular weight excluding hydrogens is 254 g/mol. The van der Waals surface area contributed by atoms with Gasteiger partial charge in [-0.15, -0.1) is 0 Å². The number of hydrogen-bond acceptors (Lipinski definition) is 4. The molecule has 2 aromatic heterocycles. The molecule has 100 valence electrons. The number of aromatic nitrogens is 2. The average Bonchev–Trinajstić information content (AvgIpc) is 2.89. The summed E-state index contributed by atoms with van der Waals surface area (Å²) in [5.74, 6) is -0.250. The van der Waals surface area contributed by atoms with Crippen molar-refractivity contribution < 1.29 is 9.21 Å². The molecule has 0 N–H and O–H groups in total. The number of benzene rings is 1. The van der Waals surface area contributed by atoms with Crippen LogP contribution in [0.15, 0.2) is 46.9 Å². The fourth-order valence-corrected chi connectivity index (χ4v) is 1.92. The number of anilines is 1. The zero-order valence-corrected chi connectivity index (χ0v) is 11.2. The Bertz CT molecular complexity index is 746. The number of pyridine rings is 1. The molecule has 0 saturated carbocycles. The minimum absolute atomic E-state index is 0.250. The second-order valence-electron chi connectivity index (χ2n) is 4.49. The molecule has 0 radical (unpaired) electrons. The summed E-state index contributed by atoms with van der Waals surface area (Å²) in [7, 11) is 1.62. The maximum Gasteiger partial charge on any atom is 0.305 e. The van der Waals surface area contributed by atoms with Crippen LogP contribution in [0.3, 0.4) is 0 Å². The van der Waals surface area contributed by atoms with Gasteiger partial charge in [0.15, 0.2) is 5.58 Å². The number of carbonyl (C=O) groups is 1. The van der Waals surface area contributed by atoms with Gasteiger partial charge in [0.25, 0.3) is 5.91 Å². The van der Waals surface area contributed by atoms with Crippen LogP contribution in [0, 0.1) is 6.92 Å². The summed E-state index contributed by atoms with van der Waals surface area (Å²) in [6, 6.07) is 13.0. The highest BCUT2D eigenvalue weighted by Gasteiger charge is 2.19. The summed E-state index contributed by atoms with van der Waals surface area (Å²) in [5, 5.41) is 0. The summed E-state index contributed by atoms with van der Waals surface area (Å²) in [5.41, 5.74) is 2.54. The van der Waals surface area contributed by atoms with Crippen LogP contribution in [-0.4, -0.2) is 22.9 Å². The van der Waals surface area contributed by atoms with Crippen LogP contribution in [0.1, 0.15) is 16.2 Å². The van der Waals surface area contributed by atoms with E-state index >= 15 is 0 Å². The molecule has 3 aromatic rings. The molecule has 0 aliphatic rings. The van der Waals surface area contributed by atoms with Crippen molar-refractivity contribution >= 4 is 23.0 Å². The standard InChI is InChI=1S/C15H13N3O2/c1-10-6-5-8-12(16-10)14(19)18(2)15-17-11-7-3-4-9-13(11)20-15/h3-9H,1-2H3. The number of nitrogens with zero attached hydrogens (tertiary/aromatic N) is 3. The van der Waals surface area contributed by atoms with Crippen LogP contribution in [-0.2, 0) is 0 Å². The Morgan fingerprint density at radius 2 is 1.90 bits per heavy atom. The third kappa shape index (κ3) is 2.14. The molecule has 1 aromatic carbocycles. The summed E-state index contributed by atoms with van der Waals surface area (Å²) in [6.45, 7) is 1.84. The van der Waals surface area contributed by atoms with Crippen LogP contribution in [0.25, 0.3) is 11.1 Å². The van der Waals surface area contributed by atoms with Crippen LogP contribution in [0.4, 0.5) is 6.01 Å². The van der Waals surface area contributed by atoms with Crippen molar-refractivity contribution in [2.24, 2.45) is 0 Å². The molecule has 5 heteroatoms. The Morgan fingerprint density at radius 3 is 2.65 bits per heavy atom. The number of aryl methyl sites for hydroxylation is 1. The van der Waals surface area contributed by atoms with Crippen LogP contribution in [0.5, 0.6) is 0 Å². The molecule has 0 saturated heterocycles. The molecule has 0 unspecified atom stereocenters. The van der Waals surface area contributed by atoms with Gasteiger partial charge in [-0.25, -0.2) is 4.98 Å². The fraction of sp³-hybridized carbons (Fsp3) is 0.133. The van der Waals surface area contributed by atoms with Gasteiger partial charge in [-0.1, -0.05) is 18.2 Å². The molecular formula is C15H13N3O2. The first kappa shape index (κ1) is 12.3. The van der Waals surface area contributed by atoms with Gasteiger partial charge in [0.1, 0.15) is 11.2 Å². The third-order valence-electron chi connectivity index (χ3n) is 2.98. The quantitative estimate of drug-likeness (QED) is 0.716. The van der Waals surface area contributed by atoms with E-state index in [2.05, 4.69) is 9.97 Å². The largest absolute Gasteiger partial charge is 0.423 e. The number of rotatable bonds is 2. The summed E-state index contributed by atoms with van der Waals surface area (Å²) in [4.78, 5) is 22.2. The van der Waals surface area contributed by atoms with Crippen molar-refractivity contribution in [2.75, 3.05) is 11.9 Å². The average molecular weight is 267 g/mol. The van der Waals surface area contributed by atoms with Crippen LogP contribution >= 0.6 is 0 Å². The summed E-state index contributed by atoms with van der Waals surface area (Å²) in [6.07, 6.45) is 0. The second-order valence-corrected chi connectivity index (χ2v) is 4.49. The summed E-state index contributed by atoms with van der Waals surface area (Å²) < 4.78 is 5.57. The van der Waals surface area contributed by atoms with Gasteiger partial charge in [-0.2, -0.15) is 4.98 Å². The molecule has 0 aliphatic carbocycles. The predicted molar refractivity (Wildman–Crippen MR) is 75.7 cm³/mol. The van der Waals surface area contributed by atoms with Crippen molar-refractivity contribution in [3.8, 4) is 0 Å². The van der Waals surface area contributed by atoms with E-state index in [1.807, 2.05) is 37.3 Å². The molecule has 0 spiro atoms. The van der Waals surface area contributed by atoms with E-state index < -0.39 is 0 Å². The van der Waals surface area contributed by atoms with Gasteiger partial charge < -0.3 is 4.42 Å². The zero-order chi connectivity index (χ0) is 14.1. The fourth-order valence-electron chi connectivity index (χ4n) is 1.92. The Kier molecular flexibility index (Phi) is 2.95. The lowest BCUT2D eigenvalue weighted by atomic mass is 10.3. The van der Waals surface area contributed by atoms with Gasteiger partial charge >= 0.3 is 6.01 Å². The molecule has 0 fully saturated rings. The smallest absolute Gasteiger partial charge is 0.305 e. The van der Waals surface area contributed by atoms with Crippen molar-refractivity contribution in [1.82, 2.24) is 9.97 Å². The highest BCUT2D eigenvalue weighted by molar-refractivity contribution is 6.03. The van der Waals surface area contributed by atoms with E-state index in [4.69, 9.17) is 4.42 Å². The Labute approximate surface area is 115 Å². The van der Waals surface area contributed by atoms with Crippen molar-refractivity contribution in [3.05, 3.63) is 53.9 Å².